The quantitative estimate of drug-likeness (QED) is 0.526. The van der Waals surface area contributed by atoms with Gasteiger partial charge in [0, 0.05) is 23.7 Å². The minimum Gasteiger partial charge on any atom is -0.451 e. The van der Waals surface area contributed by atoms with E-state index < -0.39 is 35.7 Å². The molecule has 2 aliphatic rings. The number of urea groups is 1. The summed E-state index contributed by atoms with van der Waals surface area (Å²) >= 11 is 6.07. The standard InChI is InChI=1S/C24H21ClN4O6/c1-13-5-6-15(10-17(13)25)27-24(34)26-12-14-3-2-4-16(9-14)35-19-11-21(31)29(23(19)33)18-7-8-20(30)28-22(18)32/h2-6,9-11,18H,7-8,12H2,1H3,(H2,26,27,34)(H,28,30,32)/t18-/m1/s1. The molecule has 1 saturated heterocycles. The molecule has 0 aliphatic carbocycles. The first kappa shape index (κ1) is 24.0. The van der Waals surface area contributed by atoms with Gasteiger partial charge in [0.25, 0.3) is 11.8 Å². The lowest BCUT2D eigenvalue weighted by molar-refractivity contribution is -0.150. The Kier molecular flexibility index (Phi) is 6.83. The number of benzene rings is 2. The highest BCUT2D eigenvalue weighted by Crippen LogP contribution is 2.25. The molecule has 180 valence electrons. The molecule has 35 heavy (non-hydrogen) atoms. The van der Waals surface area contributed by atoms with Gasteiger partial charge in [0.1, 0.15) is 11.8 Å². The molecule has 1 atom stereocenters. The van der Waals surface area contributed by atoms with Gasteiger partial charge in [-0.2, -0.15) is 0 Å². The number of nitrogens with one attached hydrogen (secondary N) is 3. The minimum absolute atomic E-state index is 0.0310. The van der Waals surface area contributed by atoms with Crippen LogP contribution in [0.1, 0.15) is 24.0 Å². The first-order valence-corrected chi connectivity index (χ1v) is 11.1. The Morgan fingerprint density at radius 1 is 1.17 bits per heavy atom. The van der Waals surface area contributed by atoms with Crippen LogP contribution in [-0.4, -0.2) is 40.6 Å². The van der Waals surface area contributed by atoms with E-state index in [9.17, 15) is 24.0 Å². The molecule has 10 nitrogen and oxygen atoms in total. The summed E-state index contributed by atoms with van der Waals surface area (Å²) in [6, 6.07) is 10.3. The van der Waals surface area contributed by atoms with Gasteiger partial charge >= 0.3 is 6.03 Å². The number of halogens is 1. The lowest BCUT2D eigenvalue weighted by atomic mass is 10.0. The second-order valence-electron chi connectivity index (χ2n) is 8.01. The second-order valence-corrected chi connectivity index (χ2v) is 8.42. The van der Waals surface area contributed by atoms with E-state index >= 15 is 0 Å². The molecule has 1 fully saturated rings. The molecule has 6 amide bonds. The average molecular weight is 497 g/mol. The van der Waals surface area contributed by atoms with Crippen molar-refractivity contribution < 1.29 is 28.7 Å². The van der Waals surface area contributed by atoms with E-state index in [0.29, 0.717) is 16.3 Å². The fourth-order valence-corrected chi connectivity index (χ4v) is 3.81. The summed E-state index contributed by atoms with van der Waals surface area (Å²) in [6.45, 7) is 2.02. The second kappa shape index (κ2) is 9.98. The van der Waals surface area contributed by atoms with Crippen LogP contribution in [0.4, 0.5) is 10.5 Å². The molecule has 0 aromatic heterocycles. The molecule has 4 rings (SSSR count). The third kappa shape index (κ3) is 5.49. The van der Waals surface area contributed by atoms with Crippen LogP contribution in [0.2, 0.25) is 5.02 Å². The number of piperidine rings is 1. The van der Waals surface area contributed by atoms with E-state index in [1.54, 1.807) is 42.5 Å². The Morgan fingerprint density at radius 3 is 2.71 bits per heavy atom. The SMILES string of the molecule is Cc1ccc(NC(=O)NCc2cccc(OC3=CC(=O)N([C@@H]4CCC(=O)NC4=O)C3=O)c2)cc1Cl. The van der Waals surface area contributed by atoms with E-state index in [0.717, 1.165) is 16.5 Å². The number of ether oxygens (including phenoxy) is 1. The van der Waals surface area contributed by atoms with Crippen molar-refractivity contribution in [3.63, 3.8) is 0 Å². The molecule has 0 saturated carbocycles. The van der Waals surface area contributed by atoms with E-state index in [1.807, 2.05) is 6.92 Å². The van der Waals surface area contributed by atoms with Crippen molar-refractivity contribution in [2.75, 3.05) is 5.32 Å². The van der Waals surface area contributed by atoms with Gasteiger partial charge in [-0.3, -0.25) is 29.4 Å². The van der Waals surface area contributed by atoms with Crippen LogP contribution in [0.3, 0.4) is 0 Å². The molecular formula is C24H21ClN4O6. The van der Waals surface area contributed by atoms with Crippen LogP contribution in [-0.2, 0) is 25.7 Å². The largest absolute Gasteiger partial charge is 0.451 e. The first-order valence-electron chi connectivity index (χ1n) is 10.7. The third-order valence-electron chi connectivity index (χ3n) is 5.45. The van der Waals surface area contributed by atoms with Gasteiger partial charge in [0.05, 0.1) is 6.08 Å². The number of hydrogen-bond donors (Lipinski definition) is 3. The van der Waals surface area contributed by atoms with Gasteiger partial charge in [0.2, 0.25) is 11.8 Å². The molecule has 0 radical (unpaired) electrons. The van der Waals surface area contributed by atoms with Crippen molar-refractivity contribution in [1.29, 1.82) is 0 Å². The molecule has 2 aromatic rings. The summed E-state index contributed by atoms with van der Waals surface area (Å²) in [5, 5.41) is 8.07. The zero-order chi connectivity index (χ0) is 25.1. The van der Waals surface area contributed by atoms with Crippen molar-refractivity contribution in [2.45, 2.75) is 32.4 Å². The van der Waals surface area contributed by atoms with Gasteiger partial charge in [-0.15, -0.1) is 0 Å². The third-order valence-corrected chi connectivity index (χ3v) is 5.86. The van der Waals surface area contributed by atoms with Crippen LogP contribution >= 0.6 is 11.6 Å². The average Bonchev–Trinajstić information content (AvgIpc) is 3.08. The van der Waals surface area contributed by atoms with E-state index in [-0.39, 0.29) is 30.9 Å². The summed E-state index contributed by atoms with van der Waals surface area (Å²) < 4.78 is 5.61. The highest BCUT2D eigenvalue weighted by atomic mass is 35.5. The zero-order valence-corrected chi connectivity index (χ0v) is 19.3. The molecule has 11 heteroatoms. The van der Waals surface area contributed by atoms with Crippen molar-refractivity contribution in [1.82, 2.24) is 15.5 Å². The Morgan fingerprint density at radius 2 is 1.97 bits per heavy atom. The van der Waals surface area contributed by atoms with Gasteiger partial charge < -0.3 is 15.4 Å². The maximum absolute atomic E-state index is 12.7. The number of nitrogens with zero attached hydrogens (tertiary/aromatic N) is 1. The topological polar surface area (TPSA) is 134 Å². The van der Waals surface area contributed by atoms with Crippen LogP contribution in [0, 0.1) is 6.92 Å². The Labute approximate surface area is 205 Å². The van der Waals surface area contributed by atoms with Gasteiger partial charge in [0.15, 0.2) is 5.76 Å². The Balaban J connectivity index is 1.35. The van der Waals surface area contributed by atoms with E-state index in [1.165, 1.54) is 0 Å². The smallest absolute Gasteiger partial charge is 0.319 e. The summed E-state index contributed by atoms with van der Waals surface area (Å²) in [6.07, 6.45) is 1.10. The lowest BCUT2D eigenvalue weighted by Gasteiger charge is -2.27. The predicted octanol–water partition coefficient (Wildman–Crippen LogP) is 2.41. The van der Waals surface area contributed by atoms with Crippen molar-refractivity contribution in [3.8, 4) is 5.75 Å². The van der Waals surface area contributed by atoms with Gasteiger partial charge in [-0.1, -0.05) is 29.8 Å². The summed E-state index contributed by atoms with van der Waals surface area (Å²) in [5.41, 5.74) is 2.12. The zero-order valence-electron chi connectivity index (χ0n) is 18.6. The number of imide groups is 2. The number of amides is 6. The van der Waals surface area contributed by atoms with Gasteiger partial charge in [-0.05, 0) is 48.7 Å². The van der Waals surface area contributed by atoms with E-state index in [2.05, 4.69) is 16.0 Å². The maximum Gasteiger partial charge on any atom is 0.319 e. The van der Waals surface area contributed by atoms with Gasteiger partial charge in [-0.25, -0.2) is 4.79 Å². The van der Waals surface area contributed by atoms with Crippen LogP contribution < -0.4 is 20.7 Å². The van der Waals surface area contributed by atoms with Crippen LogP contribution in [0.25, 0.3) is 0 Å². The monoisotopic (exact) mass is 496 g/mol. The fourth-order valence-electron chi connectivity index (χ4n) is 3.63. The van der Waals surface area contributed by atoms with E-state index in [4.69, 9.17) is 16.3 Å². The maximum atomic E-state index is 12.7. The first-order chi connectivity index (χ1) is 16.7. The summed E-state index contributed by atoms with van der Waals surface area (Å²) in [4.78, 5) is 61.5. The van der Waals surface area contributed by atoms with Crippen LogP contribution in [0.5, 0.6) is 5.75 Å². The number of carbonyl (C=O) groups is 5. The van der Waals surface area contributed by atoms with Crippen molar-refractivity contribution >= 4 is 46.9 Å². The number of anilines is 1. The highest BCUT2D eigenvalue weighted by molar-refractivity contribution is 6.31. The van der Waals surface area contributed by atoms with Crippen molar-refractivity contribution in [3.05, 3.63) is 70.4 Å². The number of hydrogen-bond acceptors (Lipinski definition) is 6. The normalized spacial score (nSPS) is 17.7. The van der Waals surface area contributed by atoms with Crippen LogP contribution in [0.15, 0.2) is 54.3 Å². The number of carbonyl (C=O) groups excluding carboxylic acids is 5. The molecule has 2 aliphatic heterocycles. The number of rotatable bonds is 6. The Hall–Kier alpha value is -4.18. The summed E-state index contributed by atoms with van der Waals surface area (Å²) in [7, 11) is 0. The molecule has 2 aromatic carbocycles. The predicted molar refractivity (Wildman–Crippen MR) is 125 cm³/mol. The van der Waals surface area contributed by atoms with Crippen molar-refractivity contribution in [2.24, 2.45) is 0 Å². The Bertz CT molecular complexity index is 1270. The molecule has 3 N–H and O–H groups in total. The fraction of sp³-hybridized carbons (Fsp3) is 0.208. The number of aryl methyl sites for hydroxylation is 1. The molecule has 0 bridgehead atoms. The minimum atomic E-state index is -1.07. The molecule has 0 unspecified atom stereocenters. The molecule has 2 heterocycles. The molecular weight excluding hydrogens is 476 g/mol. The molecule has 0 spiro atoms. The highest BCUT2D eigenvalue weighted by Gasteiger charge is 2.43. The lowest BCUT2D eigenvalue weighted by Crippen LogP contribution is -2.54. The summed E-state index contributed by atoms with van der Waals surface area (Å²) in [5.74, 6) is -2.56.